The summed E-state index contributed by atoms with van der Waals surface area (Å²) < 4.78 is 12.8. The number of ether oxygens (including phenoxy) is 1. The molecule has 1 aliphatic carbocycles. The van der Waals surface area contributed by atoms with E-state index in [2.05, 4.69) is 20.5 Å². The molecule has 1 aliphatic rings. The summed E-state index contributed by atoms with van der Waals surface area (Å²) in [5, 5.41) is 12.4. The van der Waals surface area contributed by atoms with E-state index in [4.69, 9.17) is 9.26 Å². The second-order valence-electron chi connectivity index (χ2n) is 5.65. The number of hydrogen-bond donors (Lipinski definition) is 0. The van der Waals surface area contributed by atoms with Gasteiger partial charge in [0.2, 0.25) is 11.7 Å². The number of methoxy groups -OCH3 is 1. The molecule has 0 radical (unpaired) electrons. The molecule has 0 spiro atoms. The van der Waals surface area contributed by atoms with Gasteiger partial charge in [0.15, 0.2) is 0 Å². The second-order valence-corrected chi connectivity index (χ2v) is 5.65. The molecule has 0 bridgehead atoms. The number of hydrogen-bond acceptors (Lipinski definition) is 6. The van der Waals surface area contributed by atoms with Crippen LogP contribution in [0.2, 0.25) is 0 Å². The number of fused-ring (bicyclic) bond motifs is 1. The van der Waals surface area contributed by atoms with Gasteiger partial charge in [0.05, 0.1) is 5.52 Å². The first-order valence-electron chi connectivity index (χ1n) is 7.47. The van der Waals surface area contributed by atoms with Gasteiger partial charge in [0.25, 0.3) is 0 Å². The minimum absolute atomic E-state index is 0.383. The summed E-state index contributed by atoms with van der Waals surface area (Å²) in [6.45, 7) is 0.410. The average molecular weight is 299 g/mol. The predicted molar refractivity (Wildman–Crippen MR) is 78.1 cm³/mol. The van der Waals surface area contributed by atoms with Crippen molar-refractivity contribution in [2.24, 2.45) is 0 Å². The van der Waals surface area contributed by atoms with Gasteiger partial charge >= 0.3 is 0 Å². The first kappa shape index (κ1) is 13.4. The van der Waals surface area contributed by atoms with Crippen LogP contribution in [0.4, 0.5) is 0 Å². The number of nitrogens with zero attached hydrogens (tertiary/aromatic N) is 5. The third-order valence-electron chi connectivity index (χ3n) is 4.38. The summed E-state index contributed by atoms with van der Waals surface area (Å²) in [7, 11) is 1.71. The van der Waals surface area contributed by atoms with Crippen LogP contribution in [0.1, 0.15) is 37.4 Å². The fourth-order valence-corrected chi connectivity index (χ4v) is 3.13. The first-order valence-corrected chi connectivity index (χ1v) is 7.47. The van der Waals surface area contributed by atoms with Crippen LogP contribution in [-0.2, 0) is 16.9 Å². The molecule has 0 amide bonds. The van der Waals surface area contributed by atoms with Crippen molar-refractivity contribution in [3.05, 3.63) is 36.0 Å². The lowest BCUT2D eigenvalue weighted by molar-refractivity contribution is -0.0178. The molecule has 7 nitrogen and oxygen atoms in total. The van der Waals surface area contributed by atoms with Gasteiger partial charge < -0.3 is 9.26 Å². The highest BCUT2D eigenvalue weighted by molar-refractivity contribution is 5.73. The largest absolute Gasteiger partial charge is 0.370 e. The lowest BCUT2D eigenvalue weighted by atomic mass is 10.0. The van der Waals surface area contributed by atoms with Crippen molar-refractivity contribution in [3.8, 4) is 0 Å². The van der Waals surface area contributed by atoms with E-state index >= 15 is 0 Å². The molecule has 3 aromatic rings. The quantitative estimate of drug-likeness (QED) is 0.735. The highest BCUT2D eigenvalue weighted by Crippen LogP contribution is 2.40. The Bertz CT molecular complexity index is 788. The van der Waals surface area contributed by atoms with Gasteiger partial charge in [-0.15, -0.1) is 5.10 Å². The summed E-state index contributed by atoms with van der Waals surface area (Å²) in [6, 6.07) is 7.80. The van der Waals surface area contributed by atoms with Crippen LogP contribution in [0.25, 0.3) is 11.0 Å². The van der Waals surface area contributed by atoms with Crippen molar-refractivity contribution in [1.29, 1.82) is 0 Å². The van der Waals surface area contributed by atoms with E-state index in [-0.39, 0.29) is 5.60 Å². The molecule has 114 valence electrons. The molecule has 7 heteroatoms. The molecule has 1 fully saturated rings. The van der Waals surface area contributed by atoms with Gasteiger partial charge in [-0.1, -0.05) is 22.5 Å². The highest BCUT2D eigenvalue weighted by Gasteiger charge is 2.40. The Morgan fingerprint density at radius 1 is 1.27 bits per heavy atom. The predicted octanol–water partition coefficient (Wildman–Crippen LogP) is 2.28. The van der Waals surface area contributed by atoms with Crippen LogP contribution in [0.15, 0.2) is 28.8 Å². The van der Waals surface area contributed by atoms with Crippen molar-refractivity contribution in [2.45, 2.75) is 37.8 Å². The Hall–Kier alpha value is -2.28. The molecule has 1 aromatic carbocycles. The summed E-state index contributed by atoms with van der Waals surface area (Å²) in [6.07, 6.45) is 4.14. The van der Waals surface area contributed by atoms with Gasteiger partial charge in [-0.3, -0.25) is 0 Å². The molecule has 0 atom stereocenters. The van der Waals surface area contributed by atoms with Crippen LogP contribution in [-0.4, -0.2) is 32.2 Å². The number of para-hydroxylation sites is 1. The van der Waals surface area contributed by atoms with Gasteiger partial charge in [-0.05, 0) is 37.8 Å². The summed E-state index contributed by atoms with van der Waals surface area (Å²) in [5.74, 6) is 1.17. The molecule has 0 saturated heterocycles. The Kier molecular flexibility index (Phi) is 3.15. The zero-order valence-corrected chi connectivity index (χ0v) is 12.4. The molecular weight excluding hydrogens is 282 g/mol. The monoisotopic (exact) mass is 299 g/mol. The average Bonchev–Trinajstić information content (AvgIpc) is 3.27. The van der Waals surface area contributed by atoms with Crippen LogP contribution < -0.4 is 0 Å². The maximum atomic E-state index is 5.68. The number of benzene rings is 1. The van der Waals surface area contributed by atoms with E-state index < -0.39 is 0 Å². The highest BCUT2D eigenvalue weighted by atomic mass is 16.5. The van der Waals surface area contributed by atoms with Crippen LogP contribution in [0.5, 0.6) is 0 Å². The van der Waals surface area contributed by atoms with E-state index in [1.54, 1.807) is 11.8 Å². The number of aromatic nitrogens is 5. The number of rotatable bonds is 4. The van der Waals surface area contributed by atoms with Crippen LogP contribution in [0, 0.1) is 0 Å². The third kappa shape index (κ3) is 2.09. The second kappa shape index (κ2) is 5.17. The fraction of sp³-hybridized carbons (Fsp3) is 0.467. The SMILES string of the molecule is COC1(c2noc(Cn3nnc4ccccc43)n2)CCCC1. The summed E-state index contributed by atoms with van der Waals surface area (Å²) in [4.78, 5) is 4.53. The minimum Gasteiger partial charge on any atom is -0.370 e. The van der Waals surface area contributed by atoms with E-state index in [1.807, 2.05) is 24.3 Å². The van der Waals surface area contributed by atoms with Crippen molar-refractivity contribution >= 4 is 11.0 Å². The molecule has 22 heavy (non-hydrogen) atoms. The molecule has 4 rings (SSSR count). The van der Waals surface area contributed by atoms with E-state index in [1.165, 1.54) is 0 Å². The fourth-order valence-electron chi connectivity index (χ4n) is 3.13. The topological polar surface area (TPSA) is 78.9 Å². The van der Waals surface area contributed by atoms with E-state index in [0.29, 0.717) is 18.3 Å². The zero-order valence-electron chi connectivity index (χ0n) is 12.4. The van der Waals surface area contributed by atoms with Crippen molar-refractivity contribution < 1.29 is 9.26 Å². The van der Waals surface area contributed by atoms with Gasteiger partial charge in [-0.2, -0.15) is 4.98 Å². The molecule has 1 saturated carbocycles. The zero-order chi connectivity index (χ0) is 15.0. The van der Waals surface area contributed by atoms with Crippen LogP contribution >= 0.6 is 0 Å². The van der Waals surface area contributed by atoms with Crippen molar-refractivity contribution in [2.75, 3.05) is 7.11 Å². The van der Waals surface area contributed by atoms with E-state index in [9.17, 15) is 0 Å². The molecule has 0 aliphatic heterocycles. The maximum Gasteiger partial charge on any atom is 0.248 e. The Balaban J connectivity index is 1.62. The van der Waals surface area contributed by atoms with Crippen molar-refractivity contribution in [1.82, 2.24) is 25.1 Å². The van der Waals surface area contributed by atoms with E-state index in [0.717, 1.165) is 36.7 Å². The Morgan fingerprint density at radius 2 is 2.09 bits per heavy atom. The molecular formula is C15H17N5O2. The van der Waals surface area contributed by atoms with Gasteiger partial charge in [0.1, 0.15) is 17.7 Å². The minimum atomic E-state index is -0.383. The molecule has 2 heterocycles. The summed E-state index contributed by atoms with van der Waals surface area (Å²) in [5.41, 5.74) is 1.42. The maximum absolute atomic E-state index is 5.68. The molecule has 0 N–H and O–H groups in total. The summed E-state index contributed by atoms with van der Waals surface area (Å²) >= 11 is 0. The van der Waals surface area contributed by atoms with Crippen LogP contribution in [0.3, 0.4) is 0 Å². The van der Waals surface area contributed by atoms with Gasteiger partial charge in [0, 0.05) is 7.11 Å². The first-order chi connectivity index (χ1) is 10.8. The Labute approximate surface area is 127 Å². The van der Waals surface area contributed by atoms with Gasteiger partial charge in [-0.25, -0.2) is 4.68 Å². The molecule has 2 aromatic heterocycles. The standard InChI is InChI=1S/C15H17N5O2/c1-21-15(8-4-5-9-15)14-16-13(22-18-14)10-20-12-7-3-2-6-11(12)17-19-20/h2-3,6-7H,4-5,8-10H2,1H3. The lowest BCUT2D eigenvalue weighted by Gasteiger charge is -2.22. The van der Waals surface area contributed by atoms with Crippen molar-refractivity contribution in [3.63, 3.8) is 0 Å². The smallest absolute Gasteiger partial charge is 0.248 e. The lowest BCUT2D eigenvalue weighted by Crippen LogP contribution is -2.26. The normalized spacial score (nSPS) is 17.3. The Morgan fingerprint density at radius 3 is 2.91 bits per heavy atom. The molecule has 0 unspecified atom stereocenters. The third-order valence-corrected chi connectivity index (χ3v) is 4.38.